The standard InChI is InChI=1S/C25H29FN4O3/c1-32-23-3-2-18(26)14-20(23)19-4-7-27-25-21(19)15-22(28-25)17-5-8-30(9-6-17)24(31)16-29-10-12-33-13-11-29/h2-4,7,14-15,17H,5-6,8-13,16H2,1H3,(H,27,28). The van der Waals surface area contributed by atoms with Gasteiger partial charge in [0.25, 0.3) is 0 Å². The number of pyridine rings is 1. The van der Waals surface area contributed by atoms with Crippen LogP contribution in [0, 0.1) is 5.82 Å². The summed E-state index contributed by atoms with van der Waals surface area (Å²) in [5.74, 6) is 0.849. The van der Waals surface area contributed by atoms with E-state index in [9.17, 15) is 9.18 Å². The van der Waals surface area contributed by atoms with Gasteiger partial charge in [-0.05, 0) is 48.7 Å². The number of likely N-dealkylation sites (tertiary alicyclic amines) is 1. The lowest BCUT2D eigenvalue weighted by molar-refractivity contribution is -0.134. The van der Waals surface area contributed by atoms with Crippen LogP contribution in [0.25, 0.3) is 22.2 Å². The molecule has 2 aliphatic heterocycles. The molecule has 2 saturated heterocycles. The van der Waals surface area contributed by atoms with E-state index >= 15 is 0 Å². The number of piperidine rings is 1. The number of methoxy groups -OCH3 is 1. The maximum absolute atomic E-state index is 14.0. The van der Waals surface area contributed by atoms with Crippen LogP contribution in [0.1, 0.15) is 24.5 Å². The highest BCUT2D eigenvalue weighted by Crippen LogP contribution is 2.37. The number of morpholine rings is 1. The summed E-state index contributed by atoms with van der Waals surface area (Å²) in [5, 5.41) is 0.947. The van der Waals surface area contributed by atoms with E-state index in [0.29, 0.717) is 37.0 Å². The first-order valence-electron chi connectivity index (χ1n) is 11.5. The zero-order valence-electron chi connectivity index (χ0n) is 18.8. The summed E-state index contributed by atoms with van der Waals surface area (Å²) in [6.45, 7) is 5.03. The molecule has 1 amide bonds. The number of ether oxygens (including phenoxy) is 2. The number of amides is 1. The number of aromatic amines is 1. The van der Waals surface area contributed by atoms with Gasteiger partial charge in [0.2, 0.25) is 5.91 Å². The number of H-pyrrole nitrogens is 1. The van der Waals surface area contributed by atoms with Gasteiger partial charge in [0.15, 0.2) is 0 Å². The van der Waals surface area contributed by atoms with Crippen molar-refractivity contribution in [1.82, 2.24) is 19.8 Å². The Morgan fingerprint density at radius 2 is 1.94 bits per heavy atom. The smallest absolute Gasteiger partial charge is 0.236 e. The van der Waals surface area contributed by atoms with Crippen LogP contribution >= 0.6 is 0 Å². The topological polar surface area (TPSA) is 70.7 Å². The molecule has 7 nitrogen and oxygen atoms in total. The number of halogens is 1. The molecule has 0 atom stereocenters. The summed E-state index contributed by atoms with van der Waals surface area (Å²) in [7, 11) is 1.59. The summed E-state index contributed by atoms with van der Waals surface area (Å²) >= 11 is 0. The molecule has 2 fully saturated rings. The van der Waals surface area contributed by atoms with Crippen LogP contribution in [0.2, 0.25) is 0 Å². The Kier molecular flexibility index (Phi) is 6.28. The summed E-state index contributed by atoms with van der Waals surface area (Å²) < 4.78 is 24.8. The SMILES string of the molecule is COc1ccc(F)cc1-c1ccnc2[nH]c(C3CCN(C(=O)CN4CCOCC4)CC3)cc12. The molecule has 0 bridgehead atoms. The number of carbonyl (C=O) groups is 1. The minimum Gasteiger partial charge on any atom is -0.496 e. The molecule has 0 aliphatic carbocycles. The number of hydrogen-bond acceptors (Lipinski definition) is 5. The van der Waals surface area contributed by atoms with E-state index in [-0.39, 0.29) is 11.7 Å². The maximum atomic E-state index is 14.0. The van der Waals surface area contributed by atoms with E-state index in [2.05, 4.69) is 20.9 Å². The van der Waals surface area contributed by atoms with E-state index < -0.39 is 0 Å². The minimum atomic E-state index is -0.305. The molecule has 0 spiro atoms. The van der Waals surface area contributed by atoms with Crippen molar-refractivity contribution >= 4 is 16.9 Å². The maximum Gasteiger partial charge on any atom is 0.236 e. The summed E-state index contributed by atoms with van der Waals surface area (Å²) in [5.41, 5.74) is 3.48. The van der Waals surface area contributed by atoms with Gasteiger partial charge in [0.05, 0.1) is 26.9 Å². The van der Waals surface area contributed by atoms with Gasteiger partial charge in [-0.2, -0.15) is 0 Å². The van der Waals surface area contributed by atoms with Crippen LogP contribution in [0.15, 0.2) is 36.5 Å². The largest absolute Gasteiger partial charge is 0.496 e. The average Bonchev–Trinajstić information content (AvgIpc) is 3.29. The lowest BCUT2D eigenvalue weighted by atomic mass is 9.93. The summed E-state index contributed by atoms with van der Waals surface area (Å²) in [6.07, 6.45) is 3.54. The monoisotopic (exact) mass is 452 g/mol. The molecule has 0 radical (unpaired) electrons. The van der Waals surface area contributed by atoms with Crippen molar-refractivity contribution in [3.05, 3.63) is 48.0 Å². The van der Waals surface area contributed by atoms with E-state index in [1.165, 1.54) is 12.1 Å². The number of fused-ring (bicyclic) bond motifs is 1. The van der Waals surface area contributed by atoms with Crippen molar-refractivity contribution in [2.45, 2.75) is 18.8 Å². The molecule has 1 aromatic carbocycles. The number of benzene rings is 1. The highest BCUT2D eigenvalue weighted by Gasteiger charge is 2.27. The van der Waals surface area contributed by atoms with Gasteiger partial charge >= 0.3 is 0 Å². The van der Waals surface area contributed by atoms with Crippen LogP contribution in [0.5, 0.6) is 5.75 Å². The molecule has 0 saturated carbocycles. The van der Waals surface area contributed by atoms with Gasteiger partial charge < -0.3 is 19.4 Å². The van der Waals surface area contributed by atoms with Gasteiger partial charge in [-0.3, -0.25) is 9.69 Å². The van der Waals surface area contributed by atoms with Gasteiger partial charge in [-0.25, -0.2) is 9.37 Å². The number of aromatic nitrogens is 2. The van der Waals surface area contributed by atoms with E-state index in [1.54, 1.807) is 19.4 Å². The third-order valence-electron chi connectivity index (χ3n) is 6.75. The fourth-order valence-corrected chi connectivity index (χ4v) is 4.88. The average molecular weight is 453 g/mol. The fourth-order valence-electron chi connectivity index (χ4n) is 4.88. The Balaban J connectivity index is 1.31. The number of nitrogens with zero attached hydrogens (tertiary/aromatic N) is 3. The van der Waals surface area contributed by atoms with E-state index in [4.69, 9.17) is 9.47 Å². The minimum absolute atomic E-state index is 0.203. The quantitative estimate of drug-likeness (QED) is 0.643. The van der Waals surface area contributed by atoms with Crippen molar-refractivity contribution in [3.63, 3.8) is 0 Å². The third-order valence-corrected chi connectivity index (χ3v) is 6.75. The van der Waals surface area contributed by atoms with Crippen LogP contribution in [0.4, 0.5) is 4.39 Å². The van der Waals surface area contributed by atoms with E-state index in [0.717, 1.165) is 61.3 Å². The van der Waals surface area contributed by atoms with Crippen LogP contribution < -0.4 is 4.74 Å². The molecule has 4 heterocycles. The van der Waals surface area contributed by atoms with Gasteiger partial charge in [-0.1, -0.05) is 0 Å². The third kappa shape index (κ3) is 4.58. The lowest BCUT2D eigenvalue weighted by Crippen LogP contribution is -2.46. The lowest BCUT2D eigenvalue weighted by Gasteiger charge is -2.34. The second-order valence-corrected chi connectivity index (χ2v) is 8.73. The summed E-state index contributed by atoms with van der Waals surface area (Å²) in [4.78, 5) is 24.8. The zero-order chi connectivity index (χ0) is 22.8. The Labute approximate surface area is 192 Å². The molecule has 174 valence electrons. The first kappa shape index (κ1) is 21.9. The normalized spacial score (nSPS) is 18.1. The number of carbonyl (C=O) groups excluding carboxylic acids is 1. The number of rotatable bonds is 5. The van der Waals surface area contributed by atoms with E-state index in [1.807, 2.05) is 11.0 Å². The first-order chi connectivity index (χ1) is 16.1. The first-order valence-corrected chi connectivity index (χ1v) is 11.5. The molecular weight excluding hydrogens is 423 g/mol. The Morgan fingerprint density at radius 1 is 1.15 bits per heavy atom. The molecule has 2 aliphatic rings. The van der Waals surface area contributed by atoms with Gasteiger partial charge in [0, 0.05) is 54.9 Å². The van der Waals surface area contributed by atoms with Crippen LogP contribution in [-0.4, -0.2) is 78.7 Å². The molecule has 5 rings (SSSR count). The van der Waals surface area contributed by atoms with Crippen molar-refractivity contribution < 1.29 is 18.7 Å². The van der Waals surface area contributed by atoms with Crippen molar-refractivity contribution in [1.29, 1.82) is 0 Å². The zero-order valence-corrected chi connectivity index (χ0v) is 18.8. The Morgan fingerprint density at radius 3 is 2.70 bits per heavy atom. The number of hydrogen-bond donors (Lipinski definition) is 1. The fraction of sp³-hybridized carbons (Fsp3) is 0.440. The Hall–Kier alpha value is -2.97. The molecule has 3 aromatic rings. The highest BCUT2D eigenvalue weighted by molar-refractivity contribution is 5.95. The molecule has 33 heavy (non-hydrogen) atoms. The molecule has 2 aromatic heterocycles. The number of nitrogens with one attached hydrogen (secondary N) is 1. The van der Waals surface area contributed by atoms with Crippen molar-refractivity contribution in [2.75, 3.05) is 53.0 Å². The van der Waals surface area contributed by atoms with Crippen molar-refractivity contribution in [3.8, 4) is 16.9 Å². The molecular formula is C25H29FN4O3. The predicted octanol–water partition coefficient (Wildman–Crippen LogP) is 3.42. The Bertz CT molecular complexity index is 1130. The second kappa shape index (κ2) is 9.49. The molecule has 1 N–H and O–H groups in total. The molecule has 8 heteroatoms. The van der Waals surface area contributed by atoms with Gasteiger partial charge in [0.1, 0.15) is 17.2 Å². The predicted molar refractivity (Wildman–Crippen MR) is 124 cm³/mol. The second-order valence-electron chi connectivity index (χ2n) is 8.73. The van der Waals surface area contributed by atoms with Crippen LogP contribution in [0.3, 0.4) is 0 Å². The highest BCUT2D eigenvalue weighted by atomic mass is 19.1. The summed E-state index contributed by atoms with van der Waals surface area (Å²) in [6, 6.07) is 8.56. The molecule has 0 unspecified atom stereocenters. The van der Waals surface area contributed by atoms with Crippen molar-refractivity contribution in [2.24, 2.45) is 0 Å². The van der Waals surface area contributed by atoms with Crippen LogP contribution in [-0.2, 0) is 9.53 Å². The van der Waals surface area contributed by atoms with Gasteiger partial charge in [-0.15, -0.1) is 0 Å².